The van der Waals surface area contributed by atoms with E-state index in [9.17, 15) is 0 Å². The van der Waals surface area contributed by atoms with Gasteiger partial charge in [0.2, 0.25) is 0 Å². The molecule has 2 aliphatic rings. The molecule has 1 aliphatic heterocycles. The predicted molar refractivity (Wildman–Crippen MR) is 76.6 cm³/mol. The molecule has 0 amide bonds. The topological polar surface area (TPSA) is 12.0 Å². The molecule has 1 aromatic carbocycles. The molecule has 0 radical (unpaired) electrons. The highest BCUT2D eigenvalue weighted by Crippen LogP contribution is 2.47. The van der Waals surface area contributed by atoms with Crippen LogP contribution in [0.2, 0.25) is 0 Å². The third-order valence-corrected chi connectivity index (χ3v) is 5.23. The van der Waals surface area contributed by atoms with Gasteiger partial charge in [0, 0.05) is 0 Å². The number of benzene rings is 1. The maximum atomic E-state index is 3.63. The quantitative estimate of drug-likeness (QED) is 0.833. The summed E-state index contributed by atoms with van der Waals surface area (Å²) in [6, 6.07) is 11.1. The van der Waals surface area contributed by atoms with Crippen molar-refractivity contribution in [2.45, 2.75) is 44.9 Å². The summed E-state index contributed by atoms with van der Waals surface area (Å²) in [5.41, 5.74) is 2.19. The van der Waals surface area contributed by atoms with E-state index in [2.05, 4.69) is 35.6 Å². The Balaban J connectivity index is 1.75. The first-order valence-corrected chi connectivity index (χ1v) is 7.64. The van der Waals surface area contributed by atoms with Crippen LogP contribution in [0.4, 0.5) is 0 Å². The maximum Gasteiger partial charge on any atom is -0.00120 e. The van der Waals surface area contributed by atoms with Crippen LogP contribution in [0.25, 0.3) is 0 Å². The third-order valence-electron chi connectivity index (χ3n) is 5.23. The zero-order chi connectivity index (χ0) is 12.3. The van der Waals surface area contributed by atoms with Gasteiger partial charge in [-0.05, 0) is 55.7 Å². The molecule has 1 aromatic rings. The Labute approximate surface area is 111 Å². The van der Waals surface area contributed by atoms with Crippen molar-refractivity contribution in [2.75, 3.05) is 13.1 Å². The van der Waals surface area contributed by atoms with Gasteiger partial charge in [-0.2, -0.15) is 0 Å². The second-order valence-electron chi connectivity index (χ2n) is 6.26. The maximum absolute atomic E-state index is 3.63. The summed E-state index contributed by atoms with van der Waals surface area (Å²) in [5, 5.41) is 3.63. The van der Waals surface area contributed by atoms with Crippen molar-refractivity contribution in [1.29, 1.82) is 0 Å². The molecule has 1 saturated heterocycles. The fraction of sp³-hybridized carbons (Fsp3) is 0.647. The molecule has 1 heteroatoms. The minimum atomic E-state index is 0.666. The van der Waals surface area contributed by atoms with Gasteiger partial charge in [0.05, 0.1) is 0 Å². The first-order valence-electron chi connectivity index (χ1n) is 7.64. The summed E-state index contributed by atoms with van der Waals surface area (Å²) in [7, 11) is 0. The van der Waals surface area contributed by atoms with Crippen LogP contribution >= 0.6 is 0 Å². The molecule has 0 aromatic heterocycles. The van der Waals surface area contributed by atoms with E-state index in [4.69, 9.17) is 0 Å². The highest BCUT2D eigenvalue weighted by molar-refractivity contribution is 5.16. The lowest BCUT2D eigenvalue weighted by Crippen LogP contribution is -2.47. The SMILES string of the molecule is c1ccc(CC2CNCCC23CCCCC3)cc1. The zero-order valence-electron chi connectivity index (χ0n) is 11.3. The predicted octanol–water partition coefficient (Wildman–Crippen LogP) is 3.79. The molecule has 18 heavy (non-hydrogen) atoms. The minimum absolute atomic E-state index is 0.666. The van der Waals surface area contributed by atoms with Gasteiger partial charge in [-0.25, -0.2) is 0 Å². The molecule has 1 unspecified atom stereocenters. The molecular weight excluding hydrogens is 218 g/mol. The lowest BCUT2D eigenvalue weighted by Gasteiger charge is -2.47. The van der Waals surface area contributed by atoms with Crippen LogP contribution in [0.1, 0.15) is 44.1 Å². The lowest BCUT2D eigenvalue weighted by molar-refractivity contribution is 0.0592. The Hall–Kier alpha value is -0.820. The van der Waals surface area contributed by atoms with Crippen LogP contribution in [-0.4, -0.2) is 13.1 Å². The Morgan fingerprint density at radius 2 is 1.78 bits per heavy atom. The van der Waals surface area contributed by atoms with Crippen molar-refractivity contribution >= 4 is 0 Å². The highest BCUT2D eigenvalue weighted by atomic mass is 14.9. The Bertz CT molecular complexity index is 356. The molecule has 1 nitrogen and oxygen atoms in total. The smallest absolute Gasteiger partial charge is 0.00120 e. The second kappa shape index (κ2) is 5.44. The van der Waals surface area contributed by atoms with Crippen LogP contribution in [0.3, 0.4) is 0 Å². The Morgan fingerprint density at radius 3 is 2.56 bits per heavy atom. The van der Waals surface area contributed by atoms with Crippen LogP contribution in [0.5, 0.6) is 0 Å². The number of nitrogens with one attached hydrogen (secondary N) is 1. The normalized spacial score (nSPS) is 27.2. The van der Waals surface area contributed by atoms with E-state index in [1.54, 1.807) is 0 Å². The summed E-state index contributed by atoms with van der Waals surface area (Å²) in [6.45, 7) is 2.47. The number of hydrogen-bond acceptors (Lipinski definition) is 1. The Kier molecular flexibility index (Phi) is 3.69. The second-order valence-corrected chi connectivity index (χ2v) is 6.26. The number of piperidine rings is 1. The fourth-order valence-electron chi connectivity index (χ4n) is 4.14. The number of rotatable bonds is 2. The molecule has 1 heterocycles. The van der Waals surface area contributed by atoms with E-state index < -0.39 is 0 Å². The molecule has 1 atom stereocenters. The molecule has 1 N–H and O–H groups in total. The van der Waals surface area contributed by atoms with Crippen molar-refractivity contribution < 1.29 is 0 Å². The molecule has 1 saturated carbocycles. The zero-order valence-corrected chi connectivity index (χ0v) is 11.3. The van der Waals surface area contributed by atoms with Crippen LogP contribution in [-0.2, 0) is 6.42 Å². The van der Waals surface area contributed by atoms with Gasteiger partial charge in [0.1, 0.15) is 0 Å². The summed E-state index contributed by atoms with van der Waals surface area (Å²) in [6.07, 6.45) is 10.0. The van der Waals surface area contributed by atoms with Crippen molar-refractivity contribution in [3.05, 3.63) is 35.9 Å². The Morgan fingerprint density at radius 1 is 1.00 bits per heavy atom. The van der Waals surface area contributed by atoms with Crippen LogP contribution in [0.15, 0.2) is 30.3 Å². The van der Waals surface area contributed by atoms with E-state index >= 15 is 0 Å². The molecule has 1 aliphatic carbocycles. The van der Waals surface area contributed by atoms with E-state index in [0.29, 0.717) is 5.41 Å². The average molecular weight is 243 g/mol. The fourth-order valence-corrected chi connectivity index (χ4v) is 4.14. The van der Waals surface area contributed by atoms with Crippen molar-refractivity contribution in [3.8, 4) is 0 Å². The first kappa shape index (κ1) is 12.2. The van der Waals surface area contributed by atoms with Gasteiger partial charge in [-0.15, -0.1) is 0 Å². The molecule has 98 valence electrons. The standard InChI is InChI=1S/C17H25N/c1-3-7-15(8-4-1)13-16-14-18-12-11-17(16)9-5-2-6-10-17/h1,3-4,7-8,16,18H,2,5-6,9-14H2. The van der Waals surface area contributed by atoms with Crippen molar-refractivity contribution in [3.63, 3.8) is 0 Å². The first-order chi connectivity index (χ1) is 8.89. The van der Waals surface area contributed by atoms with Crippen molar-refractivity contribution in [1.82, 2.24) is 5.32 Å². The molecular formula is C17H25N. The summed E-state index contributed by atoms with van der Waals surface area (Å²) in [4.78, 5) is 0. The highest BCUT2D eigenvalue weighted by Gasteiger charge is 2.40. The molecule has 1 spiro atoms. The monoisotopic (exact) mass is 243 g/mol. The minimum Gasteiger partial charge on any atom is -0.316 e. The van der Waals surface area contributed by atoms with Crippen LogP contribution < -0.4 is 5.32 Å². The van der Waals surface area contributed by atoms with E-state index in [-0.39, 0.29) is 0 Å². The average Bonchev–Trinajstić information content (AvgIpc) is 2.44. The van der Waals surface area contributed by atoms with Crippen LogP contribution in [0, 0.1) is 11.3 Å². The summed E-state index contributed by atoms with van der Waals surface area (Å²) in [5.74, 6) is 0.856. The van der Waals surface area contributed by atoms with Gasteiger partial charge in [-0.1, -0.05) is 49.6 Å². The summed E-state index contributed by atoms with van der Waals surface area (Å²) >= 11 is 0. The number of hydrogen-bond donors (Lipinski definition) is 1. The van der Waals surface area contributed by atoms with Gasteiger partial charge in [-0.3, -0.25) is 0 Å². The van der Waals surface area contributed by atoms with E-state index in [1.807, 2.05) is 0 Å². The van der Waals surface area contributed by atoms with Crippen molar-refractivity contribution in [2.24, 2.45) is 11.3 Å². The van der Waals surface area contributed by atoms with Gasteiger partial charge in [0.15, 0.2) is 0 Å². The lowest BCUT2D eigenvalue weighted by atomic mass is 9.61. The molecule has 2 fully saturated rings. The summed E-state index contributed by atoms with van der Waals surface area (Å²) < 4.78 is 0. The third kappa shape index (κ3) is 2.47. The largest absolute Gasteiger partial charge is 0.316 e. The van der Waals surface area contributed by atoms with Gasteiger partial charge >= 0.3 is 0 Å². The molecule has 3 rings (SSSR count). The van der Waals surface area contributed by atoms with Gasteiger partial charge < -0.3 is 5.32 Å². The van der Waals surface area contributed by atoms with Gasteiger partial charge in [0.25, 0.3) is 0 Å². The van der Waals surface area contributed by atoms with E-state index in [1.165, 1.54) is 63.6 Å². The molecule has 0 bridgehead atoms. The van der Waals surface area contributed by atoms with E-state index in [0.717, 1.165) is 5.92 Å².